The number of aromatic nitrogens is 2. The molecular formula is C17H19FN4O2. The molecule has 0 aliphatic rings. The molecule has 0 spiro atoms. The second-order valence-electron chi connectivity index (χ2n) is 5.19. The van der Waals surface area contributed by atoms with Gasteiger partial charge in [0.2, 0.25) is 5.91 Å². The van der Waals surface area contributed by atoms with Crippen LogP contribution in [-0.4, -0.2) is 39.8 Å². The summed E-state index contributed by atoms with van der Waals surface area (Å²) in [5, 5.41) is 2.67. The van der Waals surface area contributed by atoms with Gasteiger partial charge in [-0.25, -0.2) is 9.37 Å². The zero-order chi connectivity index (χ0) is 17.4. The van der Waals surface area contributed by atoms with Gasteiger partial charge in [0.05, 0.1) is 6.20 Å². The molecule has 0 unspecified atom stereocenters. The summed E-state index contributed by atoms with van der Waals surface area (Å²) >= 11 is 0. The predicted molar refractivity (Wildman–Crippen MR) is 87.9 cm³/mol. The van der Waals surface area contributed by atoms with Crippen LogP contribution in [0.15, 0.2) is 42.9 Å². The molecule has 1 aromatic heterocycles. The zero-order valence-corrected chi connectivity index (χ0v) is 13.4. The number of nitrogens with zero attached hydrogens (tertiary/aromatic N) is 3. The third-order valence-electron chi connectivity index (χ3n) is 3.30. The summed E-state index contributed by atoms with van der Waals surface area (Å²) in [4.78, 5) is 33.8. The van der Waals surface area contributed by atoms with E-state index in [-0.39, 0.29) is 36.3 Å². The van der Waals surface area contributed by atoms with Gasteiger partial charge in [0.25, 0.3) is 5.91 Å². The monoisotopic (exact) mass is 330 g/mol. The minimum atomic E-state index is -0.364. The van der Waals surface area contributed by atoms with Gasteiger partial charge in [0.1, 0.15) is 11.5 Å². The van der Waals surface area contributed by atoms with E-state index in [0.717, 1.165) is 6.42 Å². The number of hydrogen-bond acceptors (Lipinski definition) is 4. The summed E-state index contributed by atoms with van der Waals surface area (Å²) in [7, 11) is 0. The first kappa shape index (κ1) is 17.5. The minimum Gasteiger partial charge on any atom is -0.337 e. The Morgan fingerprint density at radius 3 is 2.54 bits per heavy atom. The molecule has 24 heavy (non-hydrogen) atoms. The van der Waals surface area contributed by atoms with Crippen molar-refractivity contribution in [1.29, 1.82) is 0 Å². The lowest BCUT2D eigenvalue weighted by molar-refractivity contribution is -0.116. The van der Waals surface area contributed by atoms with Crippen molar-refractivity contribution in [3.63, 3.8) is 0 Å². The normalized spacial score (nSPS) is 10.2. The molecule has 1 aromatic carbocycles. The molecule has 0 aliphatic carbocycles. The van der Waals surface area contributed by atoms with Gasteiger partial charge in [-0.15, -0.1) is 0 Å². The molecule has 2 rings (SSSR count). The van der Waals surface area contributed by atoms with E-state index < -0.39 is 0 Å². The molecule has 0 radical (unpaired) electrons. The fraction of sp³-hybridized carbons (Fsp3) is 0.294. The van der Waals surface area contributed by atoms with Crippen LogP contribution in [0.3, 0.4) is 0 Å². The van der Waals surface area contributed by atoms with E-state index in [2.05, 4.69) is 15.3 Å². The highest BCUT2D eigenvalue weighted by molar-refractivity contribution is 5.93. The number of nitrogens with one attached hydrogen (secondary N) is 1. The van der Waals surface area contributed by atoms with Crippen LogP contribution in [0.5, 0.6) is 0 Å². The number of amides is 2. The Balaban J connectivity index is 1.92. The van der Waals surface area contributed by atoms with Crippen LogP contribution < -0.4 is 5.32 Å². The lowest BCUT2D eigenvalue weighted by atomic mass is 10.2. The first-order valence-electron chi connectivity index (χ1n) is 7.71. The summed E-state index contributed by atoms with van der Waals surface area (Å²) in [5.41, 5.74) is 0.772. The Bertz CT molecular complexity index is 677. The maximum absolute atomic E-state index is 12.8. The van der Waals surface area contributed by atoms with Crippen molar-refractivity contribution in [2.45, 2.75) is 19.8 Å². The van der Waals surface area contributed by atoms with E-state index in [4.69, 9.17) is 0 Å². The average molecular weight is 330 g/mol. The number of rotatable bonds is 7. The number of anilines is 1. The SMILES string of the molecule is CCCN(CCC(=O)Nc1ccc(F)cc1)C(=O)c1cnccn1. The van der Waals surface area contributed by atoms with Gasteiger partial charge >= 0.3 is 0 Å². The quantitative estimate of drug-likeness (QED) is 0.846. The van der Waals surface area contributed by atoms with E-state index in [1.54, 1.807) is 4.90 Å². The van der Waals surface area contributed by atoms with Crippen LogP contribution in [0.1, 0.15) is 30.3 Å². The molecule has 126 valence electrons. The van der Waals surface area contributed by atoms with Gasteiger partial charge in [-0.1, -0.05) is 6.92 Å². The first-order chi connectivity index (χ1) is 11.6. The van der Waals surface area contributed by atoms with Crippen LogP contribution in [-0.2, 0) is 4.79 Å². The van der Waals surface area contributed by atoms with Crippen molar-refractivity contribution in [2.24, 2.45) is 0 Å². The first-order valence-corrected chi connectivity index (χ1v) is 7.71. The van der Waals surface area contributed by atoms with Crippen LogP contribution >= 0.6 is 0 Å². The van der Waals surface area contributed by atoms with Crippen LogP contribution in [0.25, 0.3) is 0 Å². The van der Waals surface area contributed by atoms with Gasteiger partial charge in [-0.3, -0.25) is 14.6 Å². The van der Waals surface area contributed by atoms with Gasteiger partial charge < -0.3 is 10.2 Å². The van der Waals surface area contributed by atoms with Crippen LogP contribution in [0.4, 0.5) is 10.1 Å². The molecule has 0 saturated heterocycles. The largest absolute Gasteiger partial charge is 0.337 e. The van der Waals surface area contributed by atoms with E-state index in [0.29, 0.717) is 12.2 Å². The van der Waals surface area contributed by atoms with E-state index in [9.17, 15) is 14.0 Å². The number of hydrogen-bond donors (Lipinski definition) is 1. The molecule has 0 atom stereocenters. The van der Waals surface area contributed by atoms with Gasteiger partial charge in [0, 0.05) is 37.6 Å². The smallest absolute Gasteiger partial charge is 0.274 e. The molecule has 7 heteroatoms. The standard InChI is InChI=1S/C17H19FN4O2/c1-2-10-22(17(24)15-12-19-8-9-20-15)11-7-16(23)21-14-5-3-13(18)4-6-14/h3-6,8-9,12H,2,7,10-11H2,1H3,(H,21,23). The molecule has 1 N–H and O–H groups in total. The lowest BCUT2D eigenvalue weighted by Crippen LogP contribution is -2.35. The topological polar surface area (TPSA) is 75.2 Å². The third kappa shape index (κ3) is 5.12. The minimum absolute atomic E-state index is 0.142. The maximum atomic E-state index is 12.8. The molecule has 0 aliphatic heterocycles. The Labute approximate surface area is 139 Å². The van der Waals surface area contributed by atoms with Crippen LogP contribution in [0.2, 0.25) is 0 Å². The lowest BCUT2D eigenvalue weighted by Gasteiger charge is -2.21. The zero-order valence-electron chi connectivity index (χ0n) is 13.4. The summed E-state index contributed by atoms with van der Waals surface area (Å²) < 4.78 is 12.8. The number of halogens is 1. The van der Waals surface area contributed by atoms with Crippen molar-refractivity contribution in [1.82, 2.24) is 14.9 Å². The number of carbonyl (C=O) groups is 2. The molecule has 2 aromatic rings. The maximum Gasteiger partial charge on any atom is 0.274 e. The molecule has 0 saturated carbocycles. The summed E-state index contributed by atoms with van der Waals surface area (Å²) in [6.45, 7) is 2.76. The molecule has 1 heterocycles. The van der Waals surface area contributed by atoms with Crippen molar-refractivity contribution in [3.05, 3.63) is 54.4 Å². The average Bonchev–Trinajstić information content (AvgIpc) is 2.61. The van der Waals surface area contributed by atoms with E-state index in [1.165, 1.54) is 42.9 Å². The second-order valence-corrected chi connectivity index (χ2v) is 5.19. The van der Waals surface area contributed by atoms with Crippen molar-refractivity contribution in [3.8, 4) is 0 Å². The fourth-order valence-corrected chi connectivity index (χ4v) is 2.15. The van der Waals surface area contributed by atoms with Gasteiger partial charge in [0.15, 0.2) is 0 Å². The molecule has 6 nitrogen and oxygen atoms in total. The van der Waals surface area contributed by atoms with Crippen LogP contribution in [0, 0.1) is 5.82 Å². The Hall–Kier alpha value is -2.83. The Kier molecular flexibility index (Phi) is 6.36. The Morgan fingerprint density at radius 2 is 1.92 bits per heavy atom. The van der Waals surface area contributed by atoms with E-state index in [1.807, 2.05) is 6.92 Å². The van der Waals surface area contributed by atoms with Crippen molar-refractivity contribution < 1.29 is 14.0 Å². The van der Waals surface area contributed by atoms with Crippen molar-refractivity contribution >= 4 is 17.5 Å². The number of benzene rings is 1. The third-order valence-corrected chi connectivity index (χ3v) is 3.30. The van der Waals surface area contributed by atoms with Gasteiger partial charge in [-0.2, -0.15) is 0 Å². The van der Waals surface area contributed by atoms with E-state index >= 15 is 0 Å². The Morgan fingerprint density at radius 1 is 1.17 bits per heavy atom. The molecule has 0 bridgehead atoms. The molecular weight excluding hydrogens is 311 g/mol. The van der Waals surface area contributed by atoms with Crippen molar-refractivity contribution in [2.75, 3.05) is 18.4 Å². The molecule has 2 amide bonds. The highest BCUT2D eigenvalue weighted by Gasteiger charge is 2.17. The second kappa shape index (κ2) is 8.71. The summed E-state index contributed by atoms with van der Waals surface area (Å²) in [6, 6.07) is 5.52. The van der Waals surface area contributed by atoms with Gasteiger partial charge in [-0.05, 0) is 30.7 Å². The molecule has 0 fully saturated rings. The highest BCUT2D eigenvalue weighted by atomic mass is 19.1. The fourth-order valence-electron chi connectivity index (χ4n) is 2.15. The summed E-state index contributed by atoms with van der Waals surface area (Å²) in [5.74, 6) is -0.856. The number of carbonyl (C=O) groups excluding carboxylic acids is 2. The summed E-state index contributed by atoms with van der Waals surface area (Å²) in [6.07, 6.45) is 5.27. The predicted octanol–water partition coefficient (Wildman–Crippen LogP) is 2.50. The highest BCUT2D eigenvalue weighted by Crippen LogP contribution is 2.09.